The van der Waals surface area contributed by atoms with E-state index in [1.54, 1.807) is 49.9 Å². The molecule has 1 amide bonds. The lowest BCUT2D eigenvalue weighted by Gasteiger charge is -2.15. The smallest absolute Gasteiger partial charge is 0.209 e. The van der Waals surface area contributed by atoms with Gasteiger partial charge in [-0.25, -0.2) is 9.97 Å². The number of carbonyl (C=O) groups excluding carboxylic acids is 1. The predicted octanol–water partition coefficient (Wildman–Crippen LogP) is 4.30. The average molecular weight is 490 g/mol. The highest BCUT2D eigenvalue weighted by atomic mass is 32.1. The number of nitrogens with zero attached hydrogens (tertiary/aromatic N) is 3. The molecule has 33 heavy (non-hydrogen) atoms. The van der Waals surface area contributed by atoms with Crippen molar-refractivity contribution >= 4 is 57.8 Å². The Morgan fingerprint density at radius 2 is 2.06 bits per heavy atom. The minimum atomic E-state index is 0.125. The zero-order valence-corrected chi connectivity index (χ0v) is 21.1. The Labute approximate surface area is 203 Å². The van der Waals surface area contributed by atoms with E-state index in [9.17, 15) is 4.79 Å². The van der Waals surface area contributed by atoms with E-state index in [4.69, 9.17) is 15.2 Å². The van der Waals surface area contributed by atoms with E-state index in [2.05, 4.69) is 27.9 Å². The number of carbonyl (C=O) groups is 1. The number of amides is 1. The summed E-state index contributed by atoms with van der Waals surface area (Å²) in [5.41, 5.74) is 8.69. The summed E-state index contributed by atoms with van der Waals surface area (Å²) >= 11 is 6.19. The van der Waals surface area contributed by atoms with E-state index >= 15 is 0 Å². The number of benzene rings is 1. The quantitative estimate of drug-likeness (QED) is 0.258. The number of fused-ring (bicyclic) bond motifs is 3. The molecule has 8 nitrogen and oxygen atoms in total. The molecule has 178 valence electrons. The Balaban J connectivity index is 0.000000292. The molecule has 3 aromatic rings. The van der Waals surface area contributed by atoms with E-state index in [0.717, 1.165) is 41.0 Å². The number of thiol groups is 1. The Kier molecular flexibility index (Phi) is 8.76. The van der Waals surface area contributed by atoms with E-state index in [0.29, 0.717) is 22.9 Å². The van der Waals surface area contributed by atoms with Crippen LogP contribution in [0.5, 0.6) is 5.75 Å². The van der Waals surface area contributed by atoms with Crippen LogP contribution in [0.3, 0.4) is 0 Å². The first-order chi connectivity index (χ1) is 15.9. The molecule has 2 aromatic heterocycles. The van der Waals surface area contributed by atoms with Crippen molar-refractivity contribution < 1.29 is 14.3 Å². The van der Waals surface area contributed by atoms with E-state index < -0.39 is 0 Å². The first-order valence-corrected chi connectivity index (χ1v) is 12.0. The number of aryl methyl sites for hydroxylation is 2. The maximum Gasteiger partial charge on any atom is 0.209 e. The molecule has 1 aliphatic carbocycles. The fraction of sp³-hybridized carbons (Fsp3) is 0.435. The van der Waals surface area contributed by atoms with Gasteiger partial charge in [-0.3, -0.25) is 4.79 Å². The zero-order valence-electron chi connectivity index (χ0n) is 19.4. The van der Waals surface area contributed by atoms with Gasteiger partial charge < -0.3 is 25.4 Å². The molecule has 0 saturated heterocycles. The summed E-state index contributed by atoms with van der Waals surface area (Å²) in [4.78, 5) is 23.7. The van der Waals surface area contributed by atoms with Gasteiger partial charge in [-0.2, -0.15) is 0 Å². The number of likely N-dealkylation sites (N-methyl/N-ethyl adjacent to an activating group) is 1. The van der Waals surface area contributed by atoms with Crippen LogP contribution in [-0.2, 0) is 22.4 Å². The van der Waals surface area contributed by atoms with E-state index in [1.165, 1.54) is 23.3 Å². The summed E-state index contributed by atoms with van der Waals surface area (Å²) in [5.74, 6) is 1.48. The molecular weight excluding hydrogens is 458 g/mol. The van der Waals surface area contributed by atoms with Crippen molar-refractivity contribution in [1.29, 1.82) is 0 Å². The van der Waals surface area contributed by atoms with Gasteiger partial charge in [0.15, 0.2) is 0 Å². The van der Waals surface area contributed by atoms with Gasteiger partial charge in [-0.05, 0) is 44.2 Å². The molecule has 1 unspecified atom stereocenters. The minimum Gasteiger partial charge on any atom is -0.494 e. The fourth-order valence-corrected chi connectivity index (χ4v) is 5.11. The van der Waals surface area contributed by atoms with Crippen LogP contribution in [0, 0.1) is 0 Å². The van der Waals surface area contributed by atoms with Gasteiger partial charge in [0.1, 0.15) is 22.7 Å². The topological polar surface area (TPSA) is 103 Å². The van der Waals surface area contributed by atoms with Crippen molar-refractivity contribution in [3.8, 4) is 5.75 Å². The second-order valence-electron chi connectivity index (χ2n) is 7.94. The molecule has 0 bridgehead atoms. The highest BCUT2D eigenvalue weighted by Gasteiger charge is 2.20. The second kappa shape index (κ2) is 11.5. The fourth-order valence-electron chi connectivity index (χ4n) is 3.69. The van der Waals surface area contributed by atoms with Crippen molar-refractivity contribution in [2.24, 2.45) is 0 Å². The molecule has 0 fully saturated rings. The molecule has 1 aliphatic rings. The number of aromatic nitrogens is 2. The number of nitrogens with one attached hydrogen (secondary N) is 1. The molecule has 1 aromatic carbocycles. The Bertz CT molecular complexity index is 1110. The third-order valence-corrected chi connectivity index (χ3v) is 7.07. The number of methoxy groups -OCH3 is 2. The average Bonchev–Trinajstić information content (AvgIpc) is 3.21. The van der Waals surface area contributed by atoms with Crippen molar-refractivity contribution in [3.63, 3.8) is 0 Å². The lowest BCUT2D eigenvalue weighted by molar-refractivity contribution is -0.118. The van der Waals surface area contributed by atoms with Crippen LogP contribution in [0.1, 0.15) is 30.2 Å². The number of nitrogens with two attached hydrogens (primary N) is 1. The van der Waals surface area contributed by atoms with Gasteiger partial charge in [0.2, 0.25) is 6.41 Å². The lowest BCUT2D eigenvalue weighted by atomic mass is 9.97. The number of hydrogen-bond donors (Lipinski definition) is 3. The first-order valence-electron chi connectivity index (χ1n) is 10.7. The highest BCUT2D eigenvalue weighted by Crippen LogP contribution is 2.40. The summed E-state index contributed by atoms with van der Waals surface area (Å²) in [6, 6.07) is 3.64. The molecule has 3 N–H and O–H groups in total. The molecular formula is C23H31N5O3S2. The largest absolute Gasteiger partial charge is 0.494 e. The molecule has 0 radical (unpaired) electrons. The number of ether oxygens (including phenoxy) is 2. The first kappa shape index (κ1) is 25.1. The monoisotopic (exact) mass is 489 g/mol. The number of rotatable bonds is 7. The van der Waals surface area contributed by atoms with Crippen LogP contribution in [-0.4, -0.2) is 55.2 Å². The zero-order chi connectivity index (χ0) is 24.0. The van der Waals surface area contributed by atoms with Crippen molar-refractivity contribution in [2.75, 3.05) is 38.9 Å². The molecule has 10 heteroatoms. The van der Waals surface area contributed by atoms with Crippen LogP contribution in [0.4, 0.5) is 17.2 Å². The number of anilines is 3. The maximum atomic E-state index is 10.0. The Hall–Kier alpha value is -2.56. The van der Waals surface area contributed by atoms with E-state index in [-0.39, 0.29) is 6.10 Å². The molecule has 2 heterocycles. The summed E-state index contributed by atoms with van der Waals surface area (Å²) in [5, 5.41) is 4.53. The number of thiophene rings is 1. The minimum absolute atomic E-state index is 0.125. The molecule has 1 atom stereocenters. The van der Waals surface area contributed by atoms with Crippen molar-refractivity contribution in [1.82, 2.24) is 14.9 Å². The number of hydrogen-bond acceptors (Lipinski definition) is 9. The van der Waals surface area contributed by atoms with Crippen LogP contribution >= 0.6 is 24.0 Å². The van der Waals surface area contributed by atoms with Gasteiger partial charge in [-0.15, -0.1) is 24.0 Å². The van der Waals surface area contributed by atoms with Gasteiger partial charge in [-0.1, -0.05) is 0 Å². The Morgan fingerprint density at radius 1 is 1.30 bits per heavy atom. The van der Waals surface area contributed by atoms with Crippen LogP contribution in [0.15, 0.2) is 23.4 Å². The molecule has 4 rings (SSSR count). The van der Waals surface area contributed by atoms with Gasteiger partial charge >= 0.3 is 0 Å². The normalized spacial score (nSPS) is 13.5. The number of nitrogen functional groups attached to an aromatic ring is 1. The van der Waals surface area contributed by atoms with Gasteiger partial charge in [0.05, 0.1) is 24.3 Å². The standard InChI is InChI=1S/C17H18N4OS2.C6H13NO2/c1-22-12-6-10(18)13(23)7-11(12)21-16-15-9-4-2-3-5-14(9)24-17(15)20-8-19-16;1-6(9-3)4-7(2)5-8/h6-8,23H,2-5,18H2,1H3,(H,19,20,21);5-6H,4H2,1-3H3. The van der Waals surface area contributed by atoms with Gasteiger partial charge in [0.25, 0.3) is 0 Å². The van der Waals surface area contributed by atoms with E-state index in [1.807, 2.05) is 13.0 Å². The summed E-state index contributed by atoms with van der Waals surface area (Å²) in [6.45, 7) is 2.57. The molecule has 0 spiro atoms. The van der Waals surface area contributed by atoms with Crippen LogP contribution < -0.4 is 15.8 Å². The van der Waals surface area contributed by atoms with Crippen molar-refractivity contribution in [3.05, 3.63) is 28.9 Å². The highest BCUT2D eigenvalue weighted by molar-refractivity contribution is 7.80. The van der Waals surface area contributed by atoms with Crippen LogP contribution in [0.25, 0.3) is 10.2 Å². The molecule has 0 aliphatic heterocycles. The maximum absolute atomic E-state index is 10.0. The Morgan fingerprint density at radius 3 is 2.76 bits per heavy atom. The third kappa shape index (κ3) is 6.07. The SMILES string of the molecule is COC(C)CN(C)C=O.COc1cc(N)c(S)cc1Nc1ncnc2sc3c(c12)CCCC3. The summed E-state index contributed by atoms with van der Waals surface area (Å²) in [6.07, 6.45) is 7.23. The van der Waals surface area contributed by atoms with Crippen molar-refractivity contribution in [2.45, 2.75) is 43.6 Å². The predicted molar refractivity (Wildman–Crippen MR) is 137 cm³/mol. The molecule has 0 saturated carbocycles. The van der Waals surface area contributed by atoms with Gasteiger partial charge in [0, 0.05) is 42.2 Å². The summed E-state index contributed by atoms with van der Waals surface area (Å²) in [7, 11) is 4.98. The van der Waals surface area contributed by atoms with Crippen LogP contribution in [0.2, 0.25) is 0 Å². The lowest BCUT2D eigenvalue weighted by Crippen LogP contribution is -2.27. The summed E-state index contributed by atoms with van der Waals surface area (Å²) < 4.78 is 10.4. The second-order valence-corrected chi connectivity index (χ2v) is 9.51. The third-order valence-electron chi connectivity index (χ3n) is 5.48.